The quantitative estimate of drug-likeness (QED) is 0.586. The molecule has 1 N–H and O–H groups in total. The van der Waals surface area contributed by atoms with Crippen LogP contribution in [-0.4, -0.2) is 18.4 Å². The molecule has 0 spiro atoms. The van der Waals surface area contributed by atoms with E-state index in [2.05, 4.69) is 21.2 Å². The lowest BCUT2D eigenvalue weighted by Gasteiger charge is -2.06. The van der Waals surface area contributed by atoms with Crippen LogP contribution in [-0.2, 0) is 16.1 Å². The smallest absolute Gasteiger partial charge is 0.306 e. The molecule has 22 heavy (non-hydrogen) atoms. The van der Waals surface area contributed by atoms with Crippen molar-refractivity contribution in [2.24, 2.45) is 0 Å². The largest absolute Gasteiger partial charge is 0.461 e. The molecule has 0 saturated heterocycles. The average molecular weight is 382 g/mol. The highest BCUT2D eigenvalue weighted by Crippen LogP contribution is 2.12. The second kappa shape index (κ2) is 8.70. The molecule has 6 heteroatoms. The Bertz CT molecular complexity index is 628. The van der Waals surface area contributed by atoms with Crippen molar-refractivity contribution in [3.63, 3.8) is 0 Å². The molecule has 0 fully saturated rings. The predicted octanol–water partition coefficient (Wildman–Crippen LogP) is 3.76. The Morgan fingerprint density at radius 3 is 2.86 bits per heavy atom. The van der Waals surface area contributed by atoms with E-state index in [0.717, 1.165) is 10.0 Å². The van der Waals surface area contributed by atoms with Crippen LogP contribution in [0.1, 0.15) is 28.8 Å². The summed E-state index contributed by atoms with van der Waals surface area (Å²) in [7, 11) is 0. The van der Waals surface area contributed by atoms with Crippen molar-refractivity contribution >= 4 is 39.1 Å². The monoisotopic (exact) mass is 381 g/mol. The first-order chi connectivity index (χ1) is 10.6. The van der Waals surface area contributed by atoms with E-state index in [9.17, 15) is 9.59 Å². The van der Waals surface area contributed by atoms with Gasteiger partial charge in [0.1, 0.15) is 6.61 Å². The number of carbonyl (C=O) groups excluding carboxylic acids is 2. The van der Waals surface area contributed by atoms with Crippen LogP contribution >= 0.6 is 27.3 Å². The number of thiophene rings is 1. The molecule has 0 radical (unpaired) electrons. The van der Waals surface area contributed by atoms with Crippen molar-refractivity contribution in [1.82, 2.24) is 5.32 Å². The third-order valence-electron chi connectivity index (χ3n) is 2.92. The molecule has 2 rings (SSSR count). The normalized spacial score (nSPS) is 10.2. The Morgan fingerprint density at radius 2 is 2.14 bits per heavy atom. The van der Waals surface area contributed by atoms with Gasteiger partial charge in [0.25, 0.3) is 5.91 Å². The lowest BCUT2D eigenvalue weighted by Crippen LogP contribution is -2.24. The number of nitrogens with one attached hydrogen (secondary N) is 1. The molecule has 0 aliphatic heterocycles. The molecule has 0 unspecified atom stereocenters. The first kappa shape index (κ1) is 16.7. The number of halogens is 1. The Labute approximate surface area is 141 Å². The summed E-state index contributed by atoms with van der Waals surface area (Å²) in [5.41, 5.74) is 1.59. The minimum Gasteiger partial charge on any atom is -0.461 e. The van der Waals surface area contributed by atoms with Crippen molar-refractivity contribution in [1.29, 1.82) is 0 Å². The number of carbonyl (C=O) groups is 2. The van der Waals surface area contributed by atoms with Crippen LogP contribution in [0.5, 0.6) is 0 Å². The van der Waals surface area contributed by atoms with E-state index < -0.39 is 0 Å². The van der Waals surface area contributed by atoms with Gasteiger partial charge in [0.15, 0.2) is 0 Å². The number of benzene rings is 1. The number of ether oxygens (including phenoxy) is 1. The van der Waals surface area contributed by atoms with Gasteiger partial charge in [0, 0.05) is 28.4 Å². The zero-order valence-electron chi connectivity index (χ0n) is 11.9. The number of hydrogen-bond donors (Lipinski definition) is 1. The summed E-state index contributed by atoms with van der Waals surface area (Å²) in [6.07, 6.45) is 0.852. The summed E-state index contributed by atoms with van der Waals surface area (Å²) in [6.45, 7) is 0.722. The Kier molecular flexibility index (Phi) is 6.61. The molecule has 1 amide bonds. The molecule has 2 aromatic rings. The van der Waals surface area contributed by atoms with Gasteiger partial charge >= 0.3 is 5.97 Å². The molecule has 0 atom stereocenters. The maximum absolute atomic E-state index is 11.7. The van der Waals surface area contributed by atoms with E-state index in [4.69, 9.17) is 4.74 Å². The minimum atomic E-state index is -0.259. The van der Waals surface area contributed by atoms with Crippen LogP contribution in [0.3, 0.4) is 0 Å². The summed E-state index contributed by atoms with van der Waals surface area (Å²) in [5.74, 6) is -0.367. The molecule has 0 aliphatic carbocycles. The van der Waals surface area contributed by atoms with E-state index in [1.807, 2.05) is 29.6 Å². The fourth-order valence-electron chi connectivity index (χ4n) is 1.79. The van der Waals surface area contributed by atoms with Gasteiger partial charge in [-0.2, -0.15) is 11.3 Å². The SMILES string of the molecule is O=C(CCCNC(=O)c1ccsc1)OCc1cccc(Br)c1. The van der Waals surface area contributed by atoms with E-state index in [1.54, 1.807) is 11.4 Å². The maximum atomic E-state index is 11.7. The second-order valence-electron chi connectivity index (χ2n) is 4.66. The summed E-state index contributed by atoms with van der Waals surface area (Å²) >= 11 is 4.85. The lowest BCUT2D eigenvalue weighted by atomic mass is 10.2. The molecule has 1 aromatic heterocycles. The molecular formula is C16H16BrNO3S. The summed E-state index contributed by atoms with van der Waals surface area (Å²) in [6, 6.07) is 9.40. The number of esters is 1. The fourth-order valence-corrected chi connectivity index (χ4v) is 2.88. The maximum Gasteiger partial charge on any atom is 0.306 e. The minimum absolute atomic E-state index is 0.108. The van der Waals surface area contributed by atoms with Gasteiger partial charge in [0.2, 0.25) is 0 Å². The summed E-state index contributed by atoms with van der Waals surface area (Å²) in [4.78, 5) is 23.3. The standard InChI is InChI=1S/C16H16BrNO3S/c17-14-4-1-3-12(9-14)10-21-15(19)5-2-7-18-16(20)13-6-8-22-11-13/h1,3-4,6,8-9,11H,2,5,7,10H2,(H,18,20). The number of amides is 1. The molecule has 0 bridgehead atoms. The molecule has 0 saturated carbocycles. The molecule has 4 nitrogen and oxygen atoms in total. The summed E-state index contributed by atoms with van der Waals surface area (Å²) < 4.78 is 6.15. The zero-order valence-corrected chi connectivity index (χ0v) is 14.3. The molecule has 116 valence electrons. The van der Waals surface area contributed by atoms with Gasteiger partial charge < -0.3 is 10.1 Å². The van der Waals surface area contributed by atoms with Gasteiger partial charge in [-0.1, -0.05) is 28.1 Å². The topological polar surface area (TPSA) is 55.4 Å². The van der Waals surface area contributed by atoms with Crippen molar-refractivity contribution in [2.45, 2.75) is 19.4 Å². The molecule has 1 heterocycles. The number of rotatable bonds is 7. The third kappa shape index (κ3) is 5.61. The van der Waals surface area contributed by atoms with Crippen molar-refractivity contribution < 1.29 is 14.3 Å². The first-order valence-corrected chi connectivity index (χ1v) is 8.59. The highest BCUT2D eigenvalue weighted by molar-refractivity contribution is 9.10. The van der Waals surface area contributed by atoms with Gasteiger partial charge in [-0.15, -0.1) is 0 Å². The fraction of sp³-hybridized carbons (Fsp3) is 0.250. The molecule has 1 aromatic carbocycles. The van der Waals surface area contributed by atoms with Crippen molar-refractivity contribution in [2.75, 3.05) is 6.54 Å². The average Bonchev–Trinajstić information content (AvgIpc) is 3.04. The van der Waals surface area contributed by atoms with Crippen molar-refractivity contribution in [3.8, 4) is 0 Å². The van der Waals surface area contributed by atoms with Crippen LogP contribution in [0.2, 0.25) is 0 Å². The zero-order chi connectivity index (χ0) is 15.8. The van der Waals surface area contributed by atoms with E-state index in [1.165, 1.54) is 11.3 Å². The van der Waals surface area contributed by atoms with Crippen molar-refractivity contribution in [3.05, 3.63) is 56.7 Å². The predicted molar refractivity (Wildman–Crippen MR) is 89.8 cm³/mol. The lowest BCUT2D eigenvalue weighted by molar-refractivity contribution is -0.145. The van der Waals surface area contributed by atoms with Gasteiger partial charge in [0.05, 0.1) is 0 Å². The van der Waals surface area contributed by atoms with Crippen LogP contribution in [0.4, 0.5) is 0 Å². The van der Waals surface area contributed by atoms with E-state index in [-0.39, 0.29) is 24.9 Å². The van der Waals surface area contributed by atoms with E-state index >= 15 is 0 Å². The Morgan fingerprint density at radius 1 is 1.27 bits per heavy atom. The first-order valence-electron chi connectivity index (χ1n) is 6.85. The van der Waals surface area contributed by atoms with Crippen LogP contribution < -0.4 is 5.32 Å². The Balaban J connectivity index is 1.61. The molecular weight excluding hydrogens is 366 g/mol. The number of hydrogen-bond acceptors (Lipinski definition) is 4. The summed E-state index contributed by atoms with van der Waals surface area (Å²) in [5, 5.41) is 6.42. The second-order valence-corrected chi connectivity index (χ2v) is 6.36. The van der Waals surface area contributed by atoms with Gasteiger partial charge in [-0.3, -0.25) is 9.59 Å². The van der Waals surface area contributed by atoms with Crippen LogP contribution in [0.25, 0.3) is 0 Å². The van der Waals surface area contributed by atoms with Gasteiger partial charge in [-0.25, -0.2) is 0 Å². The third-order valence-corrected chi connectivity index (χ3v) is 4.09. The Hall–Kier alpha value is -1.66. The highest BCUT2D eigenvalue weighted by Gasteiger charge is 2.07. The van der Waals surface area contributed by atoms with Crippen LogP contribution in [0, 0.1) is 0 Å². The highest BCUT2D eigenvalue weighted by atomic mass is 79.9. The van der Waals surface area contributed by atoms with E-state index in [0.29, 0.717) is 18.5 Å². The van der Waals surface area contributed by atoms with Crippen LogP contribution in [0.15, 0.2) is 45.6 Å². The van der Waals surface area contributed by atoms with Gasteiger partial charge in [-0.05, 0) is 35.6 Å². The molecule has 0 aliphatic rings.